The number of alkyl halides is 3. The molecule has 1 N–H and O–H groups in total. The van der Waals surface area contributed by atoms with E-state index in [0.717, 1.165) is 38.5 Å². The van der Waals surface area contributed by atoms with E-state index < -0.39 is 11.9 Å². The fourth-order valence-corrected chi connectivity index (χ4v) is 4.96. The highest BCUT2D eigenvalue weighted by atomic mass is 19.4. The van der Waals surface area contributed by atoms with E-state index in [0.29, 0.717) is 37.5 Å². The number of nitrogens with zero attached hydrogens (tertiary/aromatic N) is 4. The number of aryl methyl sites for hydroxylation is 1. The largest absolute Gasteiger partial charge is 0.433 e. The Morgan fingerprint density at radius 2 is 1.69 bits per heavy atom. The predicted molar refractivity (Wildman–Crippen MR) is 138 cm³/mol. The molecule has 2 fully saturated rings. The molecular weight excluding hydrogens is 467 g/mol. The molecule has 2 aromatic rings. The maximum Gasteiger partial charge on any atom is 0.433 e. The van der Waals surface area contributed by atoms with Crippen molar-refractivity contribution >= 4 is 17.4 Å². The Balaban J connectivity index is 0.00000361. The Morgan fingerprint density at radius 3 is 2.31 bits per heavy atom. The summed E-state index contributed by atoms with van der Waals surface area (Å²) in [6.45, 7) is 6.01. The summed E-state index contributed by atoms with van der Waals surface area (Å²) in [5.74, 6) is 0.486. The van der Waals surface area contributed by atoms with Gasteiger partial charge in [0.2, 0.25) is 0 Å². The Hall–Kier alpha value is -2.97. The third-order valence-corrected chi connectivity index (χ3v) is 7.06. The summed E-state index contributed by atoms with van der Waals surface area (Å²) in [7, 11) is 1.87. The van der Waals surface area contributed by atoms with Gasteiger partial charge in [-0.05, 0) is 62.8 Å². The molecule has 6 nitrogen and oxygen atoms in total. The number of halogens is 3. The van der Waals surface area contributed by atoms with Gasteiger partial charge in [0, 0.05) is 63.4 Å². The second kappa shape index (κ2) is 11.8. The maximum absolute atomic E-state index is 13.0. The van der Waals surface area contributed by atoms with Gasteiger partial charge in [0.15, 0.2) is 0 Å². The van der Waals surface area contributed by atoms with Gasteiger partial charge in [-0.15, -0.1) is 0 Å². The highest BCUT2D eigenvalue weighted by Crippen LogP contribution is 2.29. The lowest BCUT2D eigenvalue weighted by molar-refractivity contribution is -0.141. The summed E-state index contributed by atoms with van der Waals surface area (Å²) < 4.78 is 38.7. The van der Waals surface area contributed by atoms with Gasteiger partial charge in [-0.1, -0.05) is 25.1 Å². The SMILES string of the molecule is C.Cc1ccc(N2CCC(CN(C)C(=O)N3CCC(Nc4ccnc(C(F)(F)F)c4)CC3)CC2)cc1. The second-order valence-corrected chi connectivity index (χ2v) is 9.76. The minimum absolute atomic E-state index is 0. The van der Waals surface area contributed by atoms with E-state index in [1.165, 1.54) is 17.4 Å². The number of hydrogen-bond donors (Lipinski definition) is 1. The summed E-state index contributed by atoms with van der Waals surface area (Å²) in [6, 6.07) is 11.3. The van der Waals surface area contributed by atoms with Gasteiger partial charge in [0.05, 0.1) is 0 Å². The van der Waals surface area contributed by atoms with Crippen LogP contribution >= 0.6 is 0 Å². The van der Waals surface area contributed by atoms with Crippen LogP contribution in [-0.2, 0) is 6.18 Å². The summed E-state index contributed by atoms with van der Waals surface area (Å²) in [5.41, 5.74) is 2.03. The quantitative estimate of drug-likeness (QED) is 0.551. The third-order valence-electron chi connectivity index (χ3n) is 7.06. The first-order chi connectivity index (χ1) is 16.7. The minimum Gasteiger partial charge on any atom is -0.382 e. The van der Waals surface area contributed by atoms with Crippen molar-refractivity contribution in [1.82, 2.24) is 14.8 Å². The zero-order valence-corrected chi connectivity index (χ0v) is 20.4. The first kappa shape index (κ1) is 27.6. The monoisotopic (exact) mass is 505 g/mol. The summed E-state index contributed by atoms with van der Waals surface area (Å²) in [6.07, 6.45) is 0.211. The lowest BCUT2D eigenvalue weighted by Gasteiger charge is -2.38. The van der Waals surface area contributed by atoms with Crippen LogP contribution in [-0.4, -0.2) is 66.6 Å². The van der Waals surface area contributed by atoms with Gasteiger partial charge in [0.25, 0.3) is 0 Å². The van der Waals surface area contributed by atoms with Crippen LogP contribution in [0.3, 0.4) is 0 Å². The van der Waals surface area contributed by atoms with Crippen LogP contribution in [0.1, 0.15) is 44.4 Å². The molecule has 0 atom stereocenters. The molecule has 0 unspecified atom stereocenters. The van der Waals surface area contributed by atoms with Gasteiger partial charge in [0.1, 0.15) is 5.69 Å². The molecule has 4 rings (SSSR count). The molecule has 2 saturated heterocycles. The summed E-state index contributed by atoms with van der Waals surface area (Å²) in [4.78, 5) is 22.5. The molecule has 2 amide bonds. The number of amides is 2. The molecule has 2 aliphatic heterocycles. The van der Waals surface area contributed by atoms with Crippen LogP contribution < -0.4 is 10.2 Å². The molecule has 0 bridgehead atoms. The number of likely N-dealkylation sites (tertiary alicyclic amines) is 1. The molecule has 1 aromatic heterocycles. The van der Waals surface area contributed by atoms with Gasteiger partial charge >= 0.3 is 12.2 Å². The highest BCUT2D eigenvalue weighted by molar-refractivity contribution is 5.74. The molecular formula is C27H38F3N5O. The smallest absolute Gasteiger partial charge is 0.382 e. The van der Waals surface area contributed by atoms with Crippen molar-refractivity contribution in [3.05, 3.63) is 53.9 Å². The molecule has 0 aliphatic carbocycles. The molecule has 36 heavy (non-hydrogen) atoms. The molecule has 9 heteroatoms. The number of anilines is 2. The van der Waals surface area contributed by atoms with E-state index in [1.807, 2.05) is 16.8 Å². The van der Waals surface area contributed by atoms with Crippen molar-refractivity contribution in [3.63, 3.8) is 0 Å². The maximum atomic E-state index is 13.0. The minimum atomic E-state index is -4.46. The lowest BCUT2D eigenvalue weighted by Crippen LogP contribution is -2.49. The van der Waals surface area contributed by atoms with Crippen LogP contribution in [0.25, 0.3) is 0 Å². The van der Waals surface area contributed by atoms with Crippen molar-refractivity contribution in [2.45, 2.75) is 52.3 Å². The van der Waals surface area contributed by atoms with Gasteiger partial charge in [-0.25, -0.2) is 4.79 Å². The Bertz CT molecular complexity index is 982. The molecule has 2 aliphatic rings. The van der Waals surface area contributed by atoms with Crippen LogP contribution in [0.15, 0.2) is 42.6 Å². The van der Waals surface area contributed by atoms with E-state index in [4.69, 9.17) is 0 Å². The Morgan fingerprint density at radius 1 is 1.06 bits per heavy atom. The van der Waals surface area contributed by atoms with Crippen molar-refractivity contribution in [2.75, 3.05) is 50.0 Å². The number of hydrogen-bond acceptors (Lipinski definition) is 4. The molecule has 0 saturated carbocycles. The Labute approximate surface area is 212 Å². The fourth-order valence-electron chi connectivity index (χ4n) is 4.96. The van der Waals surface area contributed by atoms with E-state index in [9.17, 15) is 18.0 Å². The number of urea groups is 1. The van der Waals surface area contributed by atoms with Crippen LogP contribution in [0.5, 0.6) is 0 Å². The summed E-state index contributed by atoms with van der Waals surface area (Å²) >= 11 is 0. The van der Waals surface area contributed by atoms with Crippen LogP contribution in [0, 0.1) is 12.8 Å². The first-order valence-electron chi connectivity index (χ1n) is 12.3. The second-order valence-electron chi connectivity index (χ2n) is 9.76. The molecule has 0 spiro atoms. The summed E-state index contributed by atoms with van der Waals surface area (Å²) in [5, 5.41) is 3.17. The van der Waals surface area contributed by atoms with Crippen molar-refractivity contribution < 1.29 is 18.0 Å². The number of carbonyl (C=O) groups is 1. The highest BCUT2D eigenvalue weighted by Gasteiger charge is 2.33. The van der Waals surface area contributed by atoms with E-state index in [2.05, 4.69) is 46.4 Å². The number of aromatic nitrogens is 1. The van der Waals surface area contributed by atoms with E-state index >= 15 is 0 Å². The van der Waals surface area contributed by atoms with Crippen LogP contribution in [0.4, 0.5) is 29.3 Å². The molecule has 3 heterocycles. The predicted octanol–water partition coefficient (Wildman–Crippen LogP) is 5.89. The number of nitrogens with one attached hydrogen (secondary N) is 1. The van der Waals surface area contributed by atoms with Crippen molar-refractivity contribution in [1.29, 1.82) is 0 Å². The third kappa shape index (κ3) is 7.04. The van der Waals surface area contributed by atoms with Crippen LogP contribution in [0.2, 0.25) is 0 Å². The topological polar surface area (TPSA) is 51.7 Å². The fraction of sp³-hybridized carbons (Fsp3) is 0.556. The number of rotatable bonds is 5. The van der Waals surface area contributed by atoms with E-state index in [-0.39, 0.29) is 19.5 Å². The van der Waals surface area contributed by atoms with Gasteiger partial charge in [-0.2, -0.15) is 13.2 Å². The molecule has 1 aromatic carbocycles. The standard InChI is InChI=1S/C26H34F3N5O.CH4/c1-19-3-5-23(6-4-19)33-13-8-20(9-14-33)18-32(2)25(35)34-15-10-21(11-16-34)31-22-7-12-30-24(17-22)26(27,28)29;/h3-7,12,17,20-21H,8-11,13-16,18H2,1-2H3,(H,30,31);1H4. The lowest BCUT2D eigenvalue weighted by atomic mass is 9.96. The first-order valence-corrected chi connectivity index (χ1v) is 12.3. The van der Waals surface area contributed by atoms with Gasteiger partial charge in [-0.3, -0.25) is 4.98 Å². The average Bonchev–Trinajstić information content (AvgIpc) is 2.85. The molecule has 0 radical (unpaired) electrons. The van der Waals surface area contributed by atoms with Crippen molar-refractivity contribution in [3.8, 4) is 0 Å². The normalized spacial score (nSPS) is 17.5. The Kier molecular flexibility index (Phi) is 9.08. The zero-order valence-electron chi connectivity index (χ0n) is 20.4. The van der Waals surface area contributed by atoms with Crippen molar-refractivity contribution in [2.24, 2.45) is 5.92 Å². The number of pyridine rings is 1. The number of piperidine rings is 2. The van der Waals surface area contributed by atoms with Gasteiger partial charge < -0.3 is 20.0 Å². The zero-order chi connectivity index (χ0) is 25.0. The average molecular weight is 506 g/mol. The number of benzene rings is 1. The van der Waals surface area contributed by atoms with E-state index in [1.54, 1.807) is 6.07 Å². The molecule has 198 valence electrons. The number of carbonyl (C=O) groups excluding carboxylic acids is 1.